The Morgan fingerprint density at radius 2 is 1.55 bits per heavy atom. The summed E-state index contributed by atoms with van der Waals surface area (Å²) >= 11 is 0.0550. The van der Waals surface area contributed by atoms with Crippen LogP contribution in [0.1, 0.15) is 24.0 Å². The molecule has 0 aromatic heterocycles. The molecule has 0 fully saturated rings. The fraction of sp³-hybridized carbons (Fsp3) is 0.120. The number of rotatable bonds is 5. The Bertz CT molecular complexity index is 1050. The Morgan fingerprint density at radius 1 is 0.931 bits per heavy atom. The molecule has 3 rings (SSSR count). The third-order valence-electron chi connectivity index (χ3n) is 4.25. The van der Waals surface area contributed by atoms with Gasteiger partial charge in [-0.15, -0.1) is 0 Å². The summed E-state index contributed by atoms with van der Waals surface area (Å²) in [4.78, 5) is 16.4. The molecule has 0 spiro atoms. The molecule has 0 aliphatic carbocycles. The van der Waals surface area contributed by atoms with Crippen molar-refractivity contribution in [3.05, 3.63) is 96.1 Å². The van der Waals surface area contributed by atoms with Gasteiger partial charge in [-0.05, 0) is 0 Å². The summed E-state index contributed by atoms with van der Waals surface area (Å²) in [5, 5.41) is 0. The molecule has 0 saturated carbocycles. The van der Waals surface area contributed by atoms with Gasteiger partial charge < -0.3 is 0 Å². The second kappa shape index (κ2) is 10.4. The number of methoxy groups -OCH3 is 1. The average molecular weight is 446 g/mol. The number of esters is 1. The van der Waals surface area contributed by atoms with Crippen LogP contribution in [-0.4, -0.2) is 32.6 Å². The van der Waals surface area contributed by atoms with Crippen molar-refractivity contribution in [1.29, 1.82) is 0 Å². The molecule has 1 atom stereocenters. The predicted octanol–water partition coefficient (Wildman–Crippen LogP) is 4.07. The molecule has 0 aliphatic heterocycles. The summed E-state index contributed by atoms with van der Waals surface area (Å²) in [5.74, 6) is 4.99. The zero-order valence-corrected chi connectivity index (χ0v) is 18.0. The van der Waals surface area contributed by atoms with Crippen LogP contribution in [0.4, 0.5) is 5.69 Å². The first-order chi connectivity index (χ1) is 14.2. The van der Waals surface area contributed by atoms with E-state index >= 15 is 0 Å². The van der Waals surface area contributed by atoms with Gasteiger partial charge in [0, 0.05) is 0 Å². The molecule has 1 unspecified atom stereocenters. The monoisotopic (exact) mass is 447 g/mol. The number of benzene rings is 3. The van der Waals surface area contributed by atoms with E-state index in [-0.39, 0.29) is 20.9 Å². The van der Waals surface area contributed by atoms with Crippen molar-refractivity contribution in [3.8, 4) is 11.8 Å². The standard InChI is InChI=1S/C25H21NO2Se/c1-19(20-11-5-3-6-12-20)25(29-22-14-7-4-8-15-22)26-23-16-10-9-13-21(23)17-18-24(27)28-2/h3-16,19H,1-2H3. The van der Waals surface area contributed by atoms with Crippen molar-refractivity contribution in [1.82, 2.24) is 0 Å². The van der Waals surface area contributed by atoms with E-state index in [4.69, 9.17) is 4.99 Å². The molecule has 4 heteroatoms. The Hall–Kier alpha value is -3.12. The SMILES string of the molecule is COC(=O)C#Cc1ccccc1N=C([Se]c1ccccc1)C(C)c1ccccc1. The van der Waals surface area contributed by atoms with Gasteiger partial charge in [0.1, 0.15) is 0 Å². The van der Waals surface area contributed by atoms with Crippen LogP contribution < -0.4 is 4.46 Å². The van der Waals surface area contributed by atoms with Crippen LogP contribution in [0, 0.1) is 11.8 Å². The van der Waals surface area contributed by atoms with E-state index in [9.17, 15) is 4.79 Å². The van der Waals surface area contributed by atoms with Crippen LogP contribution in [0.25, 0.3) is 0 Å². The van der Waals surface area contributed by atoms with Gasteiger partial charge in [0.25, 0.3) is 0 Å². The van der Waals surface area contributed by atoms with Crippen molar-refractivity contribution < 1.29 is 9.53 Å². The molecule has 29 heavy (non-hydrogen) atoms. The summed E-state index contributed by atoms with van der Waals surface area (Å²) in [6, 6.07) is 28.4. The summed E-state index contributed by atoms with van der Waals surface area (Å²) in [6.45, 7) is 2.18. The van der Waals surface area contributed by atoms with Gasteiger partial charge in [0.15, 0.2) is 0 Å². The second-order valence-electron chi connectivity index (χ2n) is 6.26. The molecule has 0 N–H and O–H groups in total. The third-order valence-corrected chi connectivity index (χ3v) is 6.69. The summed E-state index contributed by atoms with van der Waals surface area (Å²) in [5.41, 5.74) is 2.70. The van der Waals surface area contributed by atoms with Crippen molar-refractivity contribution >= 4 is 35.7 Å². The van der Waals surface area contributed by atoms with Gasteiger partial charge in [-0.1, -0.05) is 0 Å². The van der Waals surface area contributed by atoms with E-state index in [1.165, 1.54) is 17.1 Å². The summed E-state index contributed by atoms with van der Waals surface area (Å²) in [7, 11) is 1.32. The van der Waals surface area contributed by atoms with Crippen molar-refractivity contribution in [2.75, 3.05) is 7.11 Å². The minimum atomic E-state index is -0.560. The summed E-state index contributed by atoms with van der Waals surface area (Å²) < 4.78 is 6.99. The van der Waals surface area contributed by atoms with Gasteiger partial charge in [-0.2, -0.15) is 0 Å². The second-order valence-corrected chi connectivity index (χ2v) is 8.55. The first kappa shape index (κ1) is 20.6. The van der Waals surface area contributed by atoms with E-state index < -0.39 is 5.97 Å². The Morgan fingerprint density at radius 3 is 2.24 bits per heavy atom. The first-order valence-corrected chi connectivity index (χ1v) is 10.9. The molecule has 0 radical (unpaired) electrons. The fourth-order valence-electron chi connectivity index (χ4n) is 2.67. The number of carbonyl (C=O) groups excluding carboxylic acids is 1. The quantitative estimate of drug-likeness (QED) is 0.257. The number of para-hydroxylation sites is 1. The van der Waals surface area contributed by atoms with Crippen LogP contribution in [0.3, 0.4) is 0 Å². The number of hydrogen-bond donors (Lipinski definition) is 0. The molecule has 0 saturated heterocycles. The molecule has 0 aliphatic rings. The Labute approximate surface area is 178 Å². The molecule has 144 valence electrons. The van der Waals surface area contributed by atoms with Crippen LogP contribution in [0.15, 0.2) is 89.9 Å². The van der Waals surface area contributed by atoms with Gasteiger partial charge in [0.05, 0.1) is 0 Å². The summed E-state index contributed by atoms with van der Waals surface area (Å²) in [6.07, 6.45) is 0. The maximum absolute atomic E-state index is 11.4. The van der Waals surface area contributed by atoms with Crippen LogP contribution in [0.2, 0.25) is 0 Å². The molecule has 0 heterocycles. The molecular formula is C25H21NO2Se. The van der Waals surface area contributed by atoms with Crippen molar-refractivity contribution in [2.45, 2.75) is 12.8 Å². The number of nitrogens with zero attached hydrogens (tertiary/aromatic N) is 1. The van der Waals surface area contributed by atoms with Gasteiger partial charge in [-0.3, -0.25) is 0 Å². The minimum absolute atomic E-state index is 0.0550. The molecule has 3 nitrogen and oxygen atoms in total. The fourth-order valence-corrected chi connectivity index (χ4v) is 4.75. The maximum atomic E-state index is 11.4. The van der Waals surface area contributed by atoms with Gasteiger partial charge in [-0.25, -0.2) is 0 Å². The first-order valence-electron chi connectivity index (χ1n) is 9.23. The zero-order valence-electron chi connectivity index (χ0n) is 16.3. The van der Waals surface area contributed by atoms with Crippen LogP contribution >= 0.6 is 0 Å². The third kappa shape index (κ3) is 5.93. The average Bonchev–Trinajstić information content (AvgIpc) is 2.78. The number of ether oxygens (including phenoxy) is 1. The molecule has 3 aromatic rings. The molecule has 3 aromatic carbocycles. The van der Waals surface area contributed by atoms with E-state index in [1.807, 2.05) is 36.4 Å². The Balaban J connectivity index is 2.03. The topological polar surface area (TPSA) is 38.7 Å². The van der Waals surface area contributed by atoms with Crippen molar-refractivity contribution in [3.63, 3.8) is 0 Å². The van der Waals surface area contributed by atoms with Crippen molar-refractivity contribution in [2.24, 2.45) is 4.99 Å². The van der Waals surface area contributed by atoms with Gasteiger partial charge in [0.2, 0.25) is 0 Å². The van der Waals surface area contributed by atoms with Crippen LogP contribution in [0.5, 0.6) is 0 Å². The number of carbonyl (C=O) groups is 1. The van der Waals surface area contributed by atoms with E-state index in [1.54, 1.807) is 0 Å². The van der Waals surface area contributed by atoms with Crippen LogP contribution in [-0.2, 0) is 9.53 Å². The Kier molecular flexibility index (Phi) is 7.41. The van der Waals surface area contributed by atoms with E-state index in [0.717, 1.165) is 10.3 Å². The number of hydrogen-bond acceptors (Lipinski definition) is 3. The molecule has 0 bridgehead atoms. The normalized spacial score (nSPS) is 11.9. The number of aliphatic imine (C=N–C) groups is 1. The molecule has 0 amide bonds. The van der Waals surface area contributed by atoms with E-state index in [0.29, 0.717) is 5.56 Å². The van der Waals surface area contributed by atoms with Gasteiger partial charge >= 0.3 is 178 Å². The predicted molar refractivity (Wildman–Crippen MR) is 119 cm³/mol. The zero-order chi connectivity index (χ0) is 20.5. The molecular weight excluding hydrogens is 425 g/mol. The van der Waals surface area contributed by atoms with E-state index in [2.05, 4.69) is 72.0 Å².